The molecule has 2 nitrogen and oxygen atoms in total. The van der Waals surface area contributed by atoms with E-state index in [-0.39, 0.29) is 5.97 Å². The zero-order valence-corrected chi connectivity index (χ0v) is 9.33. The molecule has 0 N–H and O–H groups in total. The van der Waals surface area contributed by atoms with E-state index in [0.717, 1.165) is 12.2 Å². The van der Waals surface area contributed by atoms with Crippen molar-refractivity contribution < 1.29 is 9.53 Å². The summed E-state index contributed by atoms with van der Waals surface area (Å²) in [6.07, 6.45) is 5.19. The van der Waals surface area contributed by atoms with Crippen molar-refractivity contribution in [2.45, 2.75) is 34.1 Å². The highest BCUT2D eigenvalue weighted by atomic mass is 16.5. The Morgan fingerprint density at radius 1 is 1.57 bits per heavy atom. The minimum atomic E-state index is -0.229. The number of carbonyl (C=O) groups is 1. The van der Waals surface area contributed by atoms with Crippen LogP contribution in [0.3, 0.4) is 0 Å². The van der Waals surface area contributed by atoms with Gasteiger partial charge in [-0.3, -0.25) is 4.79 Å². The highest BCUT2D eigenvalue weighted by molar-refractivity contribution is 5.67. The Balaban J connectivity index is 2.79. The van der Waals surface area contributed by atoms with Crippen LogP contribution in [0.5, 0.6) is 0 Å². The summed E-state index contributed by atoms with van der Waals surface area (Å²) >= 11 is 0. The Labute approximate surface area is 85.6 Å². The number of allylic oxidation sites excluding steroid dienone is 4. The molecule has 0 bridgehead atoms. The molecule has 1 rings (SSSR count). The Morgan fingerprint density at radius 3 is 2.71 bits per heavy atom. The van der Waals surface area contributed by atoms with Crippen LogP contribution in [0.25, 0.3) is 0 Å². The van der Waals surface area contributed by atoms with E-state index in [9.17, 15) is 4.79 Å². The van der Waals surface area contributed by atoms with Crippen molar-refractivity contribution in [3.8, 4) is 0 Å². The third-order valence-corrected chi connectivity index (χ3v) is 2.43. The van der Waals surface area contributed by atoms with Crippen LogP contribution in [-0.4, -0.2) is 5.97 Å². The van der Waals surface area contributed by atoms with Gasteiger partial charge in [0, 0.05) is 12.8 Å². The van der Waals surface area contributed by atoms with Crippen LogP contribution in [0, 0.1) is 11.8 Å². The van der Waals surface area contributed by atoms with Crippen molar-refractivity contribution in [3.63, 3.8) is 0 Å². The molecule has 14 heavy (non-hydrogen) atoms. The topological polar surface area (TPSA) is 26.3 Å². The van der Waals surface area contributed by atoms with Gasteiger partial charge in [-0.1, -0.05) is 26.8 Å². The zero-order valence-electron chi connectivity index (χ0n) is 9.33. The van der Waals surface area contributed by atoms with Gasteiger partial charge in [-0.2, -0.15) is 0 Å². The van der Waals surface area contributed by atoms with Crippen LogP contribution in [0.1, 0.15) is 34.1 Å². The normalized spacial score (nSPS) is 21.6. The summed E-state index contributed by atoms with van der Waals surface area (Å²) in [5, 5.41) is 0. The lowest BCUT2D eigenvalue weighted by Gasteiger charge is -2.20. The summed E-state index contributed by atoms with van der Waals surface area (Å²) in [5.41, 5.74) is 1.26. The fourth-order valence-electron chi connectivity index (χ4n) is 1.49. The van der Waals surface area contributed by atoms with E-state index in [1.54, 1.807) is 0 Å². The van der Waals surface area contributed by atoms with Gasteiger partial charge in [-0.15, -0.1) is 0 Å². The standard InChI is InChI=1S/C12H18O2/c1-8(2)11-6-5-9(3)12(7-11)14-10(4)13/h6-9H,5H2,1-4H3. The Bertz CT molecular complexity index is 285. The maximum Gasteiger partial charge on any atom is 0.307 e. The molecule has 0 heterocycles. The minimum Gasteiger partial charge on any atom is -0.431 e. The summed E-state index contributed by atoms with van der Waals surface area (Å²) < 4.78 is 5.17. The number of hydrogen-bond acceptors (Lipinski definition) is 2. The molecule has 0 aromatic carbocycles. The molecule has 1 atom stereocenters. The lowest BCUT2D eigenvalue weighted by Crippen LogP contribution is -2.11. The second kappa shape index (κ2) is 4.45. The first kappa shape index (κ1) is 11.0. The number of carbonyl (C=O) groups excluding carboxylic acids is 1. The number of rotatable bonds is 2. The molecule has 0 amide bonds. The van der Waals surface area contributed by atoms with Crippen LogP contribution in [0.15, 0.2) is 23.5 Å². The Morgan fingerprint density at radius 2 is 2.21 bits per heavy atom. The number of hydrogen-bond donors (Lipinski definition) is 0. The van der Waals surface area contributed by atoms with Crippen molar-refractivity contribution in [2.75, 3.05) is 0 Å². The summed E-state index contributed by atoms with van der Waals surface area (Å²) in [6, 6.07) is 0. The molecular weight excluding hydrogens is 176 g/mol. The lowest BCUT2D eigenvalue weighted by atomic mass is 9.91. The third-order valence-electron chi connectivity index (χ3n) is 2.43. The lowest BCUT2D eigenvalue weighted by molar-refractivity contribution is -0.137. The molecule has 1 unspecified atom stereocenters. The van der Waals surface area contributed by atoms with Crippen molar-refractivity contribution >= 4 is 5.97 Å². The molecule has 0 saturated carbocycles. The molecule has 0 fully saturated rings. The molecule has 0 aromatic rings. The second-order valence-electron chi connectivity index (χ2n) is 4.14. The van der Waals surface area contributed by atoms with Crippen molar-refractivity contribution in [3.05, 3.63) is 23.5 Å². The molecule has 78 valence electrons. The predicted molar refractivity (Wildman–Crippen MR) is 56.6 cm³/mol. The minimum absolute atomic E-state index is 0.229. The summed E-state index contributed by atoms with van der Waals surface area (Å²) in [6.45, 7) is 7.80. The summed E-state index contributed by atoms with van der Waals surface area (Å²) in [4.78, 5) is 10.9. The number of ether oxygens (including phenoxy) is 1. The molecule has 0 spiro atoms. The van der Waals surface area contributed by atoms with Crippen LogP contribution in [-0.2, 0) is 9.53 Å². The number of esters is 1. The van der Waals surface area contributed by atoms with E-state index in [2.05, 4.69) is 26.8 Å². The van der Waals surface area contributed by atoms with E-state index in [0.29, 0.717) is 11.8 Å². The predicted octanol–water partition coefficient (Wildman–Crippen LogP) is 3.06. The van der Waals surface area contributed by atoms with Crippen molar-refractivity contribution in [2.24, 2.45) is 11.8 Å². The summed E-state index contributed by atoms with van der Waals surface area (Å²) in [5.74, 6) is 1.39. The van der Waals surface area contributed by atoms with E-state index in [4.69, 9.17) is 4.74 Å². The highest BCUT2D eigenvalue weighted by Crippen LogP contribution is 2.27. The summed E-state index contributed by atoms with van der Waals surface area (Å²) in [7, 11) is 0. The first-order valence-electron chi connectivity index (χ1n) is 5.10. The van der Waals surface area contributed by atoms with Crippen molar-refractivity contribution in [1.82, 2.24) is 0 Å². The van der Waals surface area contributed by atoms with Gasteiger partial charge in [-0.25, -0.2) is 0 Å². The Kier molecular flexibility index (Phi) is 3.50. The van der Waals surface area contributed by atoms with Gasteiger partial charge in [0.05, 0.1) is 0 Å². The van der Waals surface area contributed by atoms with Crippen LogP contribution < -0.4 is 0 Å². The van der Waals surface area contributed by atoms with E-state index in [1.165, 1.54) is 12.5 Å². The van der Waals surface area contributed by atoms with Gasteiger partial charge >= 0.3 is 5.97 Å². The average Bonchev–Trinajstić information content (AvgIpc) is 2.07. The quantitative estimate of drug-likeness (QED) is 0.631. The molecule has 1 aliphatic rings. The van der Waals surface area contributed by atoms with E-state index in [1.807, 2.05) is 6.08 Å². The first-order chi connectivity index (χ1) is 6.50. The second-order valence-corrected chi connectivity index (χ2v) is 4.14. The van der Waals surface area contributed by atoms with Gasteiger partial charge in [0.1, 0.15) is 5.76 Å². The maximum atomic E-state index is 10.9. The smallest absolute Gasteiger partial charge is 0.307 e. The fourth-order valence-corrected chi connectivity index (χ4v) is 1.49. The molecule has 0 radical (unpaired) electrons. The average molecular weight is 194 g/mol. The van der Waals surface area contributed by atoms with Crippen LogP contribution in [0.4, 0.5) is 0 Å². The SMILES string of the molecule is CC(=O)OC1=CC(C(C)C)=CCC1C. The zero-order chi connectivity index (χ0) is 10.7. The van der Waals surface area contributed by atoms with Crippen molar-refractivity contribution in [1.29, 1.82) is 0 Å². The fraction of sp³-hybridized carbons (Fsp3) is 0.583. The molecule has 0 saturated heterocycles. The van der Waals surface area contributed by atoms with Gasteiger partial charge in [0.25, 0.3) is 0 Å². The maximum absolute atomic E-state index is 10.9. The highest BCUT2D eigenvalue weighted by Gasteiger charge is 2.17. The Hall–Kier alpha value is -1.05. The molecular formula is C12H18O2. The van der Waals surface area contributed by atoms with Gasteiger partial charge in [-0.05, 0) is 24.0 Å². The molecule has 0 aromatic heterocycles. The first-order valence-corrected chi connectivity index (χ1v) is 5.10. The largest absolute Gasteiger partial charge is 0.431 e. The van der Waals surface area contributed by atoms with E-state index >= 15 is 0 Å². The van der Waals surface area contributed by atoms with Crippen LogP contribution >= 0.6 is 0 Å². The van der Waals surface area contributed by atoms with Gasteiger partial charge in [0.2, 0.25) is 0 Å². The van der Waals surface area contributed by atoms with Crippen LogP contribution in [0.2, 0.25) is 0 Å². The van der Waals surface area contributed by atoms with E-state index < -0.39 is 0 Å². The molecule has 0 aliphatic heterocycles. The molecule has 1 aliphatic carbocycles. The monoisotopic (exact) mass is 194 g/mol. The molecule has 2 heteroatoms. The van der Waals surface area contributed by atoms with Gasteiger partial charge < -0.3 is 4.74 Å². The van der Waals surface area contributed by atoms with Gasteiger partial charge in [0.15, 0.2) is 0 Å². The third kappa shape index (κ3) is 2.72.